The molecule has 0 aliphatic carbocycles. The molecule has 18 heavy (non-hydrogen) atoms. The average molecular weight is 276 g/mol. The van der Waals surface area contributed by atoms with Gasteiger partial charge in [0, 0.05) is 5.16 Å². The van der Waals surface area contributed by atoms with Crippen LogP contribution in [0.4, 0.5) is 0 Å². The van der Waals surface area contributed by atoms with Crippen molar-refractivity contribution in [1.82, 2.24) is 0 Å². The molecule has 1 aliphatic heterocycles. The summed E-state index contributed by atoms with van der Waals surface area (Å²) in [4.78, 5) is 0. The summed E-state index contributed by atoms with van der Waals surface area (Å²) in [6.45, 7) is 12.8. The van der Waals surface area contributed by atoms with E-state index in [9.17, 15) is 0 Å². The normalized spacial score (nSPS) is 23.8. The Morgan fingerprint density at radius 2 is 1.67 bits per heavy atom. The second kappa shape index (κ2) is 5.62. The van der Waals surface area contributed by atoms with Crippen LogP contribution in [-0.2, 0) is 0 Å². The number of hydrogen-bond acceptors (Lipinski definition) is 0. The Hall–Kier alpha value is -0.540. The van der Waals surface area contributed by atoms with Crippen molar-refractivity contribution < 1.29 is 0 Å². The lowest BCUT2D eigenvalue weighted by Gasteiger charge is -2.30. The number of hydrogen-bond donors (Lipinski definition) is 0. The summed E-state index contributed by atoms with van der Waals surface area (Å²) in [6, 6.07) is 0. The molecule has 0 spiro atoms. The van der Waals surface area contributed by atoms with E-state index in [0.29, 0.717) is 0 Å². The van der Waals surface area contributed by atoms with Gasteiger partial charge in [-0.1, -0.05) is 25.6 Å². The van der Waals surface area contributed by atoms with Gasteiger partial charge in [-0.05, 0) is 58.8 Å². The predicted octanol–water partition coefficient (Wildman–Crippen LogP) is 4.28. The van der Waals surface area contributed by atoms with Crippen LogP contribution in [0.1, 0.15) is 48.0 Å². The molecule has 96 valence electrons. The van der Waals surface area contributed by atoms with Crippen molar-refractivity contribution in [2.24, 2.45) is 0 Å². The van der Waals surface area contributed by atoms with Crippen LogP contribution in [0, 0.1) is 23.7 Å². The minimum Gasteiger partial charge on any atom is -0.105 e. The highest BCUT2D eigenvalue weighted by Gasteiger charge is 2.37. The van der Waals surface area contributed by atoms with Crippen LogP contribution in [-0.4, -0.2) is 15.6 Å². The maximum atomic E-state index is 3.27. The SMILES string of the molecule is CC#CC(P)(C#CC)CC1(C)P=C(C)C(C)=C1C. The van der Waals surface area contributed by atoms with Crippen molar-refractivity contribution >= 4 is 22.7 Å². The van der Waals surface area contributed by atoms with E-state index in [0.717, 1.165) is 6.42 Å². The summed E-state index contributed by atoms with van der Waals surface area (Å²) in [5.41, 5.74) is 2.95. The Kier molecular flexibility index (Phi) is 4.84. The van der Waals surface area contributed by atoms with Crippen LogP contribution in [0.5, 0.6) is 0 Å². The van der Waals surface area contributed by atoms with Crippen LogP contribution in [0.15, 0.2) is 11.1 Å². The first-order valence-electron chi connectivity index (χ1n) is 6.19. The molecule has 0 aromatic carbocycles. The van der Waals surface area contributed by atoms with Crippen LogP contribution >= 0.6 is 17.4 Å². The molecule has 2 unspecified atom stereocenters. The fraction of sp³-hybridized carbons (Fsp3) is 0.562. The van der Waals surface area contributed by atoms with Crippen LogP contribution < -0.4 is 0 Å². The van der Waals surface area contributed by atoms with E-state index in [1.54, 1.807) is 0 Å². The lowest BCUT2D eigenvalue weighted by Crippen LogP contribution is -2.29. The largest absolute Gasteiger partial charge is 0.106 e. The van der Waals surface area contributed by atoms with Crippen molar-refractivity contribution in [3.8, 4) is 23.7 Å². The number of rotatable bonds is 2. The van der Waals surface area contributed by atoms with Crippen molar-refractivity contribution in [1.29, 1.82) is 0 Å². The van der Waals surface area contributed by atoms with Crippen molar-refractivity contribution in [2.45, 2.75) is 58.3 Å². The van der Waals surface area contributed by atoms with Gasteiger partial charge < -0.3 is 0 Å². The summed E-state index contributed by atoms with van der Waals surface area (Å²) >= 11 is 0. The summed E-state index contributed by atoms with van der Waals surface area (Å²) in [6.07, 6.45) is 0.967. The van der Waals surface area contributed by atoms with Gasteiger partial charge in [0.15, 0.2) is 0 Å². The smallest absolute Gasteiger partial charge is 0.105 e. The van der Waals surface area contributed by atoms with Gasteiger partial charge >= 0.3 is 0 Å². The molecule has 1 heterocycles. The van der Waals surface area contributed by atoms with E-state index < -0.39 is 0 Å². The highest BCUT2D eigenvalue weighted by Crippen LogP contribution is 2.48. The summed E-state index contributed by atoms with van der Waals surface area (Å²) in [5, 5.41) is 1.37. The summed E-state index contributed by atoms with van der Waals surface area (Å²) < 4.78 is 0. The zero-order valence-electron chi connectivity index (χ0n) is 12.2. The molecular formula is C16H22P2. The molecular weight excluding hydrogens is 254 g/mol. The lowest BCUT2D eigenvalue weighted by molar-refractivity contribution is 0.643. The molecule has 1 rings (SSSR count). The van der Waals surface area contributed by atoms with Crippen LogP contribution in [0.3, 0.4) is 0 Å². The minimum absolute atomic E-state index is 0.170. The lowest BCUT2D eigenvalue weighted by atomic mass is 9.87. The monoisotopic (exact) mass is 276 g/mol. The van der Waals surface area contributed by atoms with Gasteiger partial charge in [-0.15, -0.1) is 21.1 Å². The molecule has 0 aromatic heterocycles. The molecule has 0 nitrogen and oxygen atoms in total. The third kappa shape index (κ3) is 3.07. The van der Waals surface area contributed by atoms with E-state index >= 15 is 0 Å². The van der Waals surface area contributed by atoms with Gasteiger partial charge in [0.2, 0.25) is 0 Å². The number of allylic oxidation sites excluding steroid dienone is 2. The first-order valence-corrected chi connectivity index (χ1v) is 7.66. The predicted molar refractivity (Wildman–Crippen MR) is 88.3 cm³/mol. The maximum absolute atomic E-state index is 3.27. The first kappa shape index (κ1) is 15.5. The van der Waals surface area contributed by atoms with Gasteiger partial charge in [0.25, 0.3) is 0 Å². The first-order chi connectivity index (χ1) is 8.28. The Labute approximate surface area is 116 Å². The molecule has 0 saturated heterocycles. The summed E-state index contributed by atoms with van der Waals surface area (Å²) in [7, 11) is 4.27. The van der Waals surface area contributed by atoms with Gasteiger partial charge in [-0.3, -0.25) is 0 Å². The van der Waals surface area contributed by atoms with Crippen LogP contribution in [0.25, 0.3) is 0 Å². The van der Waals surface area contributed by atoms with E-state index in [1.165, 1.54) is 24.6 Å². The second-order valence-electron chi connectivity index (χ2n) is 5.12. The Morgan fingerprint density at radius 1 is 1.17 bits per heavy atom. The highest BCUT2D eigenvalue weighted by atomic mass is 31.1. The average Bonchev–Trinajstić information content (AvgIpc) is 2.43. The molecule has 0 radical (unpaired) electrons. The Bertz CT molecular complexity index is 509. The quantitative estimate of drug-likeness (QED) is 0.521. The standard InChI is InChI=1S/C16H22P2/c1-7-9-16(17,10-8-2)11-15(6)13(4)12(3)14(5)18-15/h11,17H2,1-6H3. The molecule has 0 amide bonds. The van der Waals surface area contributed by atoms with Crippen molar-refractivity contribution in [3.05, 3.63) is 11.1 Å². The molecule has 0 fully saturated rings. The van der Waals surface area contributed by atoms with Gasteiger partial charge in [0.05, 0.1) is 0 Å². The third-order valence-corrected chi connectivity index (χ3v) is 5.80. The maximum Gasteiger partial charge on any atom is 0.106 e. The summed E-state index contributed by atoms with van der Waals surface area (Å²) in [5.74, 6) is 12.6. The van der Waals surface area contributed by atoms with E-state index in [4.69, 9.17) is 0 Å². The zero-order valence-corrected chi connectivity index (χ0v) is 14.3. The Morgan fingerprint density at radius 3 is 2.00 bits per heavy atom. The van der Waals surface area contributed by atoms with E-state index in [-0.39, 0.29) is 10.3 Å². The topological polar surface area (TPSA) is 0 Å². The molecule has 1 aliphatic rings. The van der Waals surface area contributed by atoms with Crippen molar-refractivity contribution in [3.63, 3.8) is 0 Å². The molecule has 0 aromatic rings. The highest BCUT2D eigenvalue weighted by molar-refractivity contribution is 7.44. The van der Waals surface area contributed by atoms with Crippen molar-refractivity contribution in [2.75, 3.05) is 0 Å². The fourth-order valence-electron chi connectivity index (χ4n) is 2.49. The minimum atomic E-state index is -0.280. The molecule has 0 bridgehead atoms. The van der Waals surface area contributed by atoms with Gasteiger partial charge in [-0.2, -0.15) is 0 Å². The molecule has 0 N–H and O–H groups in total. The molecule has 2 atom stereocenters. The van der Waals surface area contributed by atoms with Gasteiger partial charge in [0.1, 0.15) is 5.16 Å². The van der Waals surface area contributed by atoms with Gasteiger partial charge in [-0.25, -0.2) is 0 Å². The van der Waals surface area contributed by atoms with E-state index in [1.807, 2.05) is 13.8 Å². The molecule has 0 saturated carbocycles. The van der Waals surface area contributed by atoms with Crippen LogP contribution in [0.2, 0.25) is 0 Å². The third-order valence-electron chi connectivity index (χ3n) is 3.65. The Balaban J connectivity index is 3.16. The second-order valence-corrected chi connectivity index (χ2v) is 7.99. The fourth-order valence-corrected chi connectivity index (χ4v) is 5.10. The van der Waals surface area contributed by atoms with E-state index in [2.05, 4.69) is 60.6 Å². The molecule has 2 heteroatoms. The zero-order chi connectivity index (χ0) is 14.0.